The van der Waals surface area contributed by atoms with Gasteiger partial charge in [0.15, 0.2) is 0 Å². The van der Waals surface area contributed by atoms with Gasteiger partial charge in [0.25, 0.3) is 5.88 Å². The summed E-state index contributed by atoms with van der Waals surface area (Å²) in [4.78, 5) is 14.2. The van der Waals surface area contributed by atoms with Gasteiger partial charge in [-0.2, -0.15) is 0 Å². The molecule has 1 heterocycles. The monoisotopic (exact) mass is 194 g/mol. The molecule has 2 N–H and O–H groups in total. The molecular formula is C5H9NO5P+. The molecule has 0 fully saturated rings. The summed E-state index contributed by atoms with van der Waals surface area (Å²) < 4.78 is 18.1. The maximum Gasteiger partial charge on any atom is 0.692 e. The van der Waals surface area contributed by atoms with Crippen molar-refractivity contribution < 1.29 is 23.6 Å². The highest BCUT2D eigenvalue weighted by Gasteiger charge is 1.94. The van der Waals surface area contributed by atoms with Crippen LogP contribution < -0.4 is 4.74 Å². The zero-order chi connectivity index (χ0) is 9.56. The number of methoxy groups -OCH3 is 1. The van der Waals surface area contributed by atoms with Crippen LogP contribution in [-0.2, 0) is 4.57 Å². The summed E-state index contributed by atoms with van der Waals surface area (Å²) in [6, 6.07) is 1.72. The highest BCUT2D eigenvalue weighted by Crippen LogP contribution is 2.07. The molecule has 1 aromatic rings. The molecule has 0 aliphatic rings. The van der Waals surface area contributed by atoms with E-state index < -0.39 is 8.25 Å². The minimum Gasteiger partial charge on any atom is -0.479 e. The summed E-state index contributed by atoms with van der Waals surface area (Å²) in [6.07, 6.45) is 0. The van der Waals surface area contributed by atoms with Gasteiger partial charge in [-0.25, -0.2) is 0 Å². The van der Waals surface area contributed by atoms with Crippen molar-refractivity contribution in [2.45, 2.75) is 6.92 Å². The standard InChI is InChI=1S/C5H7NO2.HO3P/c1-4-3-5(7-2)6-8-4;1-4(2)3/h3H,1-2H3;(H-,1,2,3)/p+1. The van der Waals surface area contributed by atoms with Gasteiger partial charge in [-0.1, -0.05) is 0 Å². The number of nitrogens with zero attached hydrogens (tertiary/aromatic N) is 1. The molecule has 0 aliphatic heterocycles. The molecule has 0 saturated carbocycles. The maximum absolute atomic E-state index is 8.70. The van der Waals surface area contributed by atoms with Crippen LogP contribution in [0.5, 0.6) is 5.88 Å². The Kier molecular flexibility index (Phi) is 5.19. The van der Waals surface area contributed by atoms with Gasteiger partial charge < -0.3 is 9.26 Å². The minimum atomic E-state index is -2.87. The first-order valence-corrected chi connectivity index (χ1v) is 4.05. The van der Waals surface area contributed by atoms with Crippen molar-refractivity contribution >= 4 is 8.25 Å². The molecule has 0 amide bonds. The Morgan fingerprint density at radius 2 is 2.17 bits per heavy atom. The van der Waals surface area contributed by atoms with E-state index in [1.54, 1.807) is 13.2 Å². The van der Waals surface area contributed by atoms with Crippen LogP contribution in [0.3, 0.4) is 0 Å². The van der Waals surface area contributed by atoms with Crippen molar-refractivity contribution in [2.75, 3.05) is 7.11 Å². The number of hydrogen-bond acceptors (Lipinski definition) is 4. The largest absolute Gasteiger partial charge is 0.692 e. The van der Waals surface area contributed by atoms with Crippen molar-refractivity contribution in [1.82, 2.24) is 5.16 Å². The molecule has 0 atom stereocenters. The number of hydrogen-bond donors (Lipinski definition) is 2. The van der Waals surface area contributed by atoms with Crippen LogP contribution in [0.2, 0.25) is 0 Å². The molecule has 12 heavy (non-hydrogen) atoms. The molecule has 6 nitrogen and oxygen atoms in total. The van der Waals surface area contributed by atoms with E-state index in [-0.39, 0.29) is 0 Å². The average Bonchev–Trinajstić information content (AvgIpc) is 2.34. The van der Waals surface area contributed by atoms with Crippen LogP contribution in [0.1, 0.15) is 5.76 Å². The first-order chi connectivity index (χ1) is 5.56. The Hall–Kier alpha value is -0.970. The van der Waals surface area contributed by atoms with Crippen LogP contribution in [0, 0.1) is 6.92 Å². The molecule has 0 unspecified atom stereocenters. The van der Waals surface area contributed by atoms with Crippen molar-refractivity contribution in [3.05, 3.63) is 11.8 Å². The number of ether oxygens (including phenoxy) is 1. The van der Waals surface area contributed by atoms with Gasteiger partial charge in [0.05, 0.1) is 7.11 Å². The van der Waals surface area contributed by atoms with E-state index in [9.17, 15) is 0 Å². The second-order valence-electron chi connectivity index (χ2n) is 1.73. The van der Waals surface area contributed by atoms with E-state index in [2.05, 4.69) is 9.68 Å². The third-order valence-electron chi connectivity index (χ3n) is 0.815. The third kappa shape index (κ3) is 5.79. The molecule has 0 aliphatic carbocycles. The van der Waals surface area contributed by atoms with E-state index in [0.29, 0.717) is 5.88 Å². The summed E-state index contributed by atoms with van der Waals surface area (Å²) in [5.41, 5.74) is 0. The smallest absolute Gasteiger partial charge is 0.479 e. The van der Waals surface area contributed by atoms with Crippen LogP contribution in [0.25, 0.3) is 0 Å². The zero-order valence-corrected chi connectivity index (χ0v) is 7.49. The van der Waals surface area contributed by atoms with E-state index >= 15 is 0 Å². The topological polar surface area (TPSA) is 92.8 Å². The van der Waals surface area contributed by atoms with E-state index in [0.717, 1.165) is 5.76 Å². The predicted molar refractivity (Wildman–Crippen MR) is 39.8 cm³/mol. The summed E-state index contributed by atoms with van der Waals surface area (Å²) in [7, 11) is -1.32. The van der Waals surface area contributed by atoms with Gasteiger partial charge in [-0.15, -0.1) is 9.79 Å². The summed E-state index contributed by atoms with van der Waals surface area (Å²) in [6.45, 7) is 1.82. The minimum absolute atomic E-state index is 0.530. The molecule has 68 valence electrons. The fourth-order valence-corrected chi connectivity index (χ4v) is 0.440. The quantitative estimate of drug-likeness (QED) is 0.636. The van der Waals surface area contributed by atoms with E-state index in [4.69, 9.17) is 19.1 Å². The Morgan fingerprint density at radius 1 is 1.67 bits per heavy atom. The van der Waals surface area contributed by atoms with E-state index in [1.165, 1.54) is 0 Å². The average molecular weight is 194 g/mol. The molecule has 7 heteroatoms. The van der Waals surface area contributed by atoms with Crippen LogP contribution in [-0.4, -0.2) is 22.1 Å². The SMILES string of the molecule is COc1cc(C)on1.O=[P+](O)O. The van der Waals surface area contributed by atoms with Gasteiger partial charge in [-0.05, 0) is 12.1 Å². The van der Waals surface area contributed by atoms with Crippen LogP contribution in [0.15, 0.2) is 10.6 Å². The lowest BCUT2D eigenvalue weighted by molar-refractivity contribution is 0.331. The molecule has 0 radical (unpaired) electrons. The number of aromatic nitrogens is 1. The van der Waals surface area contributed by atoms with Crippen LogP contribution in [0.4, 0.5) is 0 Å². The van der Waals surface area contributed by atoms with Gasteiger partial charge in [0.1, 0.15) is 5.76 Å². The lowest BCUT2D eigenvalue weighted by Gasteiger charge is -1.83. The number of rotatable bonds is 1. The summed E-state index contributed by atoms with van der Waals surface area (Å²) in [5.74, 6) is 1.30. The molecule has 0 spiro atoms. The third-order valence-corrected chi connectivity index (χ3v) is 0.815. The highest BCUT2D eigenvalue weighted by molar-refractivity contribution is 7.30. The molecule has 1 aromatic heterocycles. The van der Waals surface area contributed by atoms with Crippen LogP contribution >= 0.6 is 8.25 Å². The summed E-state index contributed by atoms with van der Waals surface area (Å²) >= 11 is 0. The maximum atomic E-state index is 8.70. The Balaban J connectivity index is 0.000000261. The van der Waals surface area contributed by atoms with Crippen molar-refractivity contribution in [3.63, 3.8) is 0 Å². The van der Waals surface area contributed by atoms with Gasteiger partial charge >= 0.3 is 8.25 Å². The lowest BCUT2D eigenvalue weighted by Crippen LogP contribution is -1.78. The zero-order valence-electron chi connectivity index (χ0n) is 6.59. The molecule has 0 saturated heterocycles. The Labute approximate surface area is 69.7 Å². The van der Waals surface area contributed by atoms with Gasteiger partial charge in [0.2, 0.25) is 0 Å². The fraction of sp³-hybridized carbons (Fsp3) is 0.400. The fourth-order valence-electron chi connectivity index (χ4n) is 0.440. The highest BCUT2D eigenvalue weighted by atomic mass is 31.1. The molecule has 0 bridgehead atoms. The molecule has 0 aromatic carbocycles. The van der Waals surface area contributed by atoms with Gasteiger partial charge in [-0.3, -0.25) is 0 Å². The van der Waals surface area contributed by atoms with Crippen molar-refractivity contribution in [1.29, 1.82) is 0 Å². The molecule has 1 rings (SSSR count). The summed E-state index contributed by atoms with van der Waals surface area (Å²) in [5, 5.41) is 3.54. The van der Waals surface area contributed by atoms with E-state index in [1.807, 2.05) is 6.92 Å². The molecular weight excluding hydrogens is 185 g/mol. The van der Waals surface area contributed by atoms with Gasteiger partial charge in [0, 0.05) is 10.6 Å². The first kappa shape index (κ1) is 11.0. The second kappa shape index (κ2) is 5.65. The lowest BCUT2D eigenvalue weighted by atomic mass is 10.5. The van der Waals surface area contributed by atoms with Crippen molar-refractivity contribution in [3.8, 4) is 5.88 Å². The first-order valence-electron chi connectivity index (χ1n) is 2.88. The Morgan fingerprint density at radius 3 is 2.33 bits per heavy atom. The Bertz CT molecular complexity index is 244. The normalized spacial score (nSPS) is 8.33. The number of aryl methyl sites for hydroxylation is 1. The predicted octanol–water partition coefficient (Wildman–Crippen LogP) is 0.620. The second-order valence-corrected chi connectivity index (χ2v) is 2.24. The van der Waals surface area contributed by atoms with Crippen molar-refractivity contribution in [2.24, 2.45) is 0 Å².